The Morgan fingerprint density at radius 1 is 0.920 bits per heavy atom. The topological polar surface area (TPSA) is 64.7 Å². The summed E-state index contributed by atoms with van der Waals surface area (Å²) in [5.74, 6) is -0.0466. The van der Waals surface area contributed by atoms with Crippen molar-refractivity contribution in [1.82, 2.24) is 20.4 Å². The lowest BCUT2D eigenvalue weighted by Gasteiger charge is -2.38. The highest BCUT2D eigenvalue weighted by Gasteiger charge is 2.58. The second-order valence-electron chi connectivity index (χ2n) is 7.08. The van der Waals surface area contributed by atoms with Gasteiger partial charge in [0.05, 0.1) is 12.3 Å². The Hall–Kier alpha value is -1.14. The van der Waals surface area contributed by atoms with E-state index in [2.05, 4.69) is 31.4 Å². The Kier molecular flexibility index (Phi) is 8.86. The summed E-state index contributed by atoms with van der Waals surface area (Å²) >= 11 is 0. The third kappa shape index (κ3) is 4.53. The van der Waals surface area contributed by atoms with Gasteiger partial charge in [-0.2, -0.15) is 0 Å². The quantitative estimate of drug-likeness (QED) is 0.528. The van der Waals surface area contributed by atoms with Crippen molar-refractivity contribution in [1.29, 1.82) is 0 Å². The Bertz CT molecular complexity index is 443. The highest BCUT2D eigenvalue weighted by atomic mass is 16.2. The maximum atomic E-state index is 13.4. The van der Waals surface area contributed by atoms with Crippen LogP contribution in [0.4, 0.5) is 4.79 Å². The van der Waals surface area contributed by atoms with Crippen LogP contribution in [0, 0.1) is 0 Å². The predicted octanol–water partition coefficient (Wildman–Crippen LogP) is 3.28. The van der Waals surface area contributed by atoms with Gasteiger partial charge in [-0.05, 0) is 52.6 Å². The molecular weight excluding hydrogens is 316 g/mol. The molecule has 1 aliphatic heterocycles. The van der Waals surface area contributed by atoms with Crippen LogP contribution in [0.2, 0.25) is 0 Å². The van der Waals surface area contributed by atoms with E-state index in [0.717, 1.165) is 45.2 Å². The number of carbonyl (C=O) groups is 2. The van der Waals surface area contributed by atoms with E-state index in [1.165, 1.54) is 4.90 Å². The molecule has 0 bridgehead atoms. The first kappa shape index (κ1) is 21.9. The number of nitrogens with zero attached hydrogens (tertiary/aromatic N) is 2. The molecule has 146 valence electrons. The van der Waals surface area contributed by atoms with Crippen molar-refractivity contribution in [3.05, 3.63) is 0 Å². The maximum Gasteiger partial charge on any atom is 0.330 e. The van der Waals surface area contributed by atoms with Gasteiger partial charge in [0, 0.05) is 0 Å². The first-order valence-corrected chi connectivity index (χ1v) is 10.0. The molecule has 0 saturated carbocycles. The van der Waals surface area contributed by atoms with Crippen LogP contribution in [-0.2, 0) is 4.79 Å². The maximum absolute atomic E-state index is 13.4. The average molecular weight is 355 g/mol. The Morgan fingerprint density at radius 3 is 1.96 bits per heavy atom. The normalized spacial score (nSPS) is 23.4. The van der Waals surface area contributed by atoms with Gasteiger partial charge in [0.15, 0.2) is 0 Å². The van der Waals surface area contributed by atoms with Crippen LogP contribution in [0.5, 0.6) is 0 Å². The Balaban J connectivity index is 3.18. The third-order valence-electron chi connectivity index (χ3n) is 5.17. The summed E-state index contributed by atoms with van der Waals surface area (Å²) in [7, 11) is 0. The van der Waals surface area contributed by atoms with Gasteiger partial charge >= 0.3 is 6.03 Å². The monoisotopic (exact) mass is 354 g/mol. The zero-order chi connectivity index (χ0) is 19.0. The molecule has 0 aromatic heterocycles. The van der Waals surface area contributed by atoms with Crippen LogP contribution in [0.3, 0.4) is 0 Å². The van der Waals surface area contributed by atoms with E-state index in [4.69, 9.17) is 0 Å². The molecule has 1 rings (SSSR count). The van der Waals surface area contributed by atoms with Crippen LogP contribution in [0.25, 0.3) is 0 Å². The van der Waals surface area contributed by atoms with Gasteiger partial charge in [-0.15, -0.1) is 0 Å². The standard InChI is InChI=1S/C19H38N4O2/c1-7-11-12-19(10-4)17(24)22(15(5)20-13-8-2)18(25)23(19)16(6)21-14-9-3/h15-16,20-21H,7-14H2,1-6H3. The zero-order valence-corrected chi connectivity index (χ0v) is 17.0. The molecular formula is C19H38N4O2. The molecule has 3 amide bonds. The van der Waals surface area contributed by atoms with Crippen LogP contribution in [0.15, 0.2) is 0 Å². The number of nitrogens with one attached hydrogen (secondary N) is 2. The fraction of sp³-hybridized carbons (Fsp3) is 0.895. The van der Waals surface area contributed by atoms with E-state index in [1.807, 2.05) is 25.7 Å². The third-order valence-corrected chi connectivity index (χ3v) is 5.17. The molecule has 1 aliphatic rings. The van der Waals surface area contributed by atoms with Crippen molar-refractivity contribution >= 4 is 11.9 Å². The summed E-state index contributed by atoms with van der Waals surface area (Å²) in [5.41, 5.74) is -0.727. The SMILES string of the molecule is CCCCC1(CC)C(=O)N(C(C)NCCC)C(=O)N1C(C)NCCC. The summed E-state index contributed by atoms with van der Waals surface area (Å²) in [5, 5.41) is 6.69. The van der Waals surface area contributed by atoms with Gasteiger partial charge in [0.2, 0.25) is 0 Å². The number of carbonyl (C=O) groups excluding carboxylic acids is 2. The molecule has 2 N–H and O–H groups in total. The van der Waals surface area contributed by atoms with Crippen LogP contribution >= 0.6 is 0 Å². The summed E-state index contributed by atoms with van der Waals surface area (Å²) in [6, 6.07) is -0.171. The lowest BCUT2D eigenvalue weighted by Crippen LogP contribution is -2.57. The second kappa shape index (κ2) is 10.1. The first-order valence-electron chi connectivity index (χ1n) is 10.0. The molecule has 25 heavy (non-hydrogen) atoms. The van der Waals surface area contributed by atoms with Gasteiger partial charge in [-0.3, -0.25) is 20.3 Å². The number of hydrogen-bond donors (Lipinski definition) is 2. The van der Waals surface area contributed by atoms with Gasteiger partial charge in [-0.1, -0.05) is 40.5 Å². The molecule has 0 radical (unpaired) electrons. The molecule has 6 heteroatoms. The zero-order valence-electron chi connectivity index (χ0n) is 17.0. The van der Waals surface area contributed by atoms with E-state index < -0.39 is 5.54 Å². The fourth-order valence-corrected chi connectivity index (χ4v) is 3.68. The number of urea groups is 1. The van der Waals surface area contributed by atoms with Gasteiger partial charge in [0.1, 0.15) is 5.54 Å². The molecule has 1 fully saturated rings. The number of unbranched alkanes of at least 4 members (excludes halogenated alkanes) is 1. The smallest absolute Gasteiger partial charge is 0.297 e. The van der Waals surface area contributed by atoms with E-state index >= 15 is 0 Å². The molecule has 0 aromatic rings. The fourth-order valence-electron chi connectivity index (χ4n) is 3.68. The minimum atomic E-state index is -0.727. The highest BCUT2D eigenvalue weighted by Crippen LogP contribution is 2.37. The van der Waals surface area contributed by atoms with E-state index in [9.17, 15) is 9.59 Å². The lowest BCUT2D eigenvalue weighted by atomic mass is 9.87. The molecule has 0 aromatic carbocycles. The van der Waals surface area contributed by atoms with Crippen molar-refractivity contribution in [2.75, 3.05) is 13.1 Å². The molecule has 3 unspecified atom stereocenters. The predicted molar refractivity (Wildman–Crippen MR) is 102 cm³/mol. The van der Waals surface area contributed by atoms with Crippen molar-refractivity contribution in [3.8, 4) is 0 Å². The van der Waals surface area contributed by atoms with E-state index in [1.54, 1.807) is 0 Å². The highest BCUT2D eigenvalue weighted by molar-refractivity contribution is 6.07. The summed E-state index contributed by atoms with van der Waals surface area (Å²) in [4.78, 5) is 29.8. The molecule has 3 atom stereocenters. The summed E-state index contributed by atoms with van der Waals surface area (Å²) in [6.45, 7) is 13.8. The minimum absolute atomic E-state index is 0.0466. The summed E-state index contributed by atoms with van der Waals surface area (Å²) in [6.07, 6.45) is 4.84. The van der Waals surface area contributed by atoms with E-state index in [0.29, 0.717) is 6.42 Å². The first-order chi connectivity index (χ1) is 11.9. The Morgan fingerprint density at radius 2 is 1.48 bits per heavy atom. The Labute approximate surface area is 153 Å². The van der Waals surface area contributed by atoms with Crippen LogP contribution in [0.1, 0.15) is 80.1 Å². The minimum Gasteiger partial charge on any atom is -0.297 e. The van der Waals surface area contributed by atoms with Gasteiger partial charge in [0.25, 0.3) is 5.91 Å². The second-order valence-corrected chi connectivity index (χ2v) is 7.08. The summed E-state index contributed by atoms with van der Waals surface area (Å²) < 4.78 is 0. The number of amides is 3. The molecule has 0 aliphatic carbocycles. The van der Waals surface area contributed by atoms with Crippen molar-refractivity contribution in [2.45, 2.75) is 97.9 Å². The molecule has 1 saturated heterocycles. The molecule has 1 heterocycles. The van der Waals surface area contributed by atoms with Crippen molar-refractivity contribution < 1.29 is 9.59 Å². The number of rotatable bonds is 12. The molecule has 6 nitrogen and oxygen atoms in total. The van der Waals surface area contributed by atoms with Gasteiger partial charge in [-0.25, -0.2) is 9.69 Å². The number of imide groups is 1. The van der Waals surface area contributed by atoms with Crippen LogP contribution < -0.4 is 10.6 Å². The van der Waals surface area contributed by atoms with E-state index in [-0.39, 0.29) is 24.3 Å². The van der Waals surface area contributed by atoms with Crippen molar-refractivity contribution in [3.63, 3.8) is 0 Å². The van der Waals surface area contributed by atoms with Gasteiger partial charge < -0.3 is 0 Å². The largest absolute Gasteiger partial charge is 0.330 e. The van der Waals surface area contributed by atoms with Crippen molar-refractivity contribution in [2.24, 2.45) is 0 Å². The molecule has 0 spiro atoms. The van der Waals surface area contributed by atoms with Crippen LogP contribution in [-0.4, -0.2) is 52.7 Å². The lowest BCUT2D eigenvalue weighted by molar-refractivity contribution is -0.136. The average Bonchev–Trinajstić information content (AvgIpc) is 2.82. The number of hydrogen-bond acceptors (Lipinski definition) is 4.